The molecule has 0 aromatic heterocycles. The van der Waals surface area contributed by atoms with Crippen LogP contribution >= 0.6 is 0 Å². The summed E-state index contributed by atoms with van der Waals surface area (Å²) in [4.78, 5) is 12.7. The van der Waals surface area contributed by atoms with Gasteiger partial charge in [0.15, 0.2) is 0 Å². The van der Waals surface area contributed by atoms with E-state index in [4.69, 9.17) is 10.5 Å². The van der Waals surface area contributed by atoms with Gasteiger partial charge in [0.1, 0.15) is 5.41 Å². The molecule has 0 bridgehead atoms. The van der Waals surface area contributed by atoms with Crippen LogP contribution in [-0.2, 0) is 14.9 Å². The summed E-state index contributed by atoms with van der Waals surface area (Å²) >= 11 is 0. The van der Waals surface area contributed by atoms with Crippen molar-refractivity contribution < 1.29 is 9.53 Å². The zero-order valence-electron chi connectivity index (χ0n) is 12.3. The summed E-state index contributed by atoms with van der Waals surface area (Å²) in [5.41, 5.74) is 6.50. The topological polar surface area (TPSA) is 52.3 Å². The molecule has 3 heteroatoms. The van der Waals surface area contributed by atoms with E-state index in [1.807, 2.05) is 67.6 Å². The fraction of sp³-hybridized carbons (Fsp3) is 0.278. The van der Waals surface area contributed by atoms with E-state index in [0.717, 1.165) is 11.1 Å². The first kappa shape index (κ1) is 15.3. The highest BCUT2D eigenvalue weighted by Gasteiger charge is 2.38. The van der Waals surface area contributed by atoms with Crippen LogP contribution in [0.3, 0.4) is 0 Å². The molecule has 2 rings (SSSR count). The Balaban J connectivity index is 2.38. The van der Waals surface area contributed by atoms with Gasteiger partial charge in [-0.15, -0.1) is 0 Å². The van der Waals surface area contributed by atoms with Gasteiger partial charge in [0, 0.05) is 0 Å². The number of ether oxygens (including phenoxy) is 1. The second kappa shape index (κ2) is 7.04. The highest BCUT2D eigenvalue weighted by atomic mass is 16.5. The van der Waals surface area contributed by atoms with Gasteiger partial charge >= 0.3 is 5.97 Å². The number of carbonyl (C=O) groups excluding carboxylic acids is 1. The van der Waals surface area contributed by atoms with Crippen LogP contribution in [0.1, 0.15) is 24.5 Å². The van der Waals surface area contributed by atoms with Crippen molar-refractivity contribution in [2.75, 3.05) is 13.2 Å². The minimum absolute atomic E-state index is 0.242. The molecule has 110 valence electrons. The first-order valence-corrected chi connectivity index (χ1v) is 7.18. The molecular formula is C18H21NO2. The van der Waals surface area contributed by atoms with E-state index in [1.165, 1.54) is 0 Å². The fourth-order valence-electron chi connectivity index (χ4n) is 2.34. The molecule has 0 saturated heterocycles. The summed E-state index contributed by atoms with van der Waals surface area (Å²) in [5, 5.41) is 0. The van der Waals surface area contributed by atoms with E-state index in [1.54, 1.807) is 0 Å². The SMILES string of the molecule is CC(C(=O)OCCCN)(c1ccccc1)c1ccccc1. The van der Waals surface area contributed by atoms with Crippen molar-refractivity contribution in [3.63, 3.8) is 0 Å². The smallest absolute Gasteiger partial charge is 0.320 e. The van der Waals surface area contributed by atoms with Gasteiger partial charge in [-0.05, 0) is 31.0 Å². The maximum Gasteiger partial charge on any atom is 0.320 e. The number of rotatable bonds is 6. The lowest BCUT2D eigenvalue weighted by atomic mass is 9.76. The first-order chi connectivity index (χ1) is 10.2. The van der Waals surface area contributed by atoms with Gasteiger partial charge in [-0.25, -0.2) is 0 Å². The lowest BCUT2D eigenvalue weighted by Gasteiger charge is -2.28. The highest BCUT2D eigenvalue weighted by Crippen LogP contribution is 2.33. The van der Waals surface area contributed by atoms with Crippen LogP contribution in [0.5, 0.6) is 0 Å². The molecular weight excluding hydrogens is 262 g/mol. The Bertz CT molecular complexity index is 527. The van der Waals surface area contributed by atoms with Crippen molar-refractivity contribution in [3.8, 4) is 0 Å². The van der Waals surface area contributed by atoms with Crippen LogP contribution in [0.25, 0.3) is 0 Å². The largest absolute Gasteiger partial charge is 0.465 e. The molecule has 0 fully saturated rings. The number of hydrogen-bond acceptors (Lipinski definition) is 3. The van der Waals surface area contributed by atoms with Crippen LogP contribution in [0.15, 0.2) is 60.7 Å². The van der Waals surface area contributed by atoms with Crippen molar-refractivity contribution in [3.05, 3.63) is 71.8 Å². The molecule has 0 aliphatic carbocycles. The van der Waals surface area contributed by atoms with Crippen LogP contribution in [0.2, 0.25) is 0 Å². The summed E-state index contributed by atoms with van der Waals surface area (Å²) in [6.07, 6.45) is 0.672. The van der Waals surface area contributed by atoms with Gasteiger partial charge in [0.05, 0.1) is 6.61 Å². The van der Waals surface area contributed by atoms with Gasteiger partial charge in [-0.1, -0.05) is 60.7 Å². The predicted molar refractivity (Wildman–Crippen MR) is 84.0 cm³/mol. The molecule has 0 heterocycles. The Morgan fingerprint density at radius 3 is 1.90 bits per heavy atom. The number of benzene rings is 2. The Kier molecular flexibility index (Phi) is 5.12. The van der Waals surface area contributed by atoms with Crippen molar-refractivity contribution >= 4 is 5.97 Å². The van der Waals surface area contributed by atoms with E-state index in [-0.39, 0.29) is 5.97 Å². The van der Waals surface area contributed by atoms with Crippen LogP contribution in [0.4, 0.5) is 0 Å². The van der Waals surface area contributed by atoms with Crippen molar-refractivity contribution in [2.24, 2.45) is 5.73 Å². The molecule has 0 amide bonds. The molecule has 2 aromatic rings. The molecule has 0 atom stereocenters. The zero-order valence-corrected chi connectivity index (χ0v) is 12.3. The normalized spacial score (nSPS) is 11.1. The second-order valence-electron chi connectivity index (χ2n) is 5.14. The van der Waals surface area contributed by atoms with Gasteiger partial charge in [0.2, 0.25) is 0 Å². The molecule has 0 saturated carbocycles. The molecule has 2 aromatic carbocycles. The molecule has 3 nitrogen and oxygen atoms in total. The average Bonchev–Trinajstić information content (AvgIpc) is 2.56. The van der Waals surface area contributed by atoms with Gasteiger partial charge in [0.25, 0.3) is 0 Å². The van der Waals surface area contributed by atoms with Crippen LogP contribution in [-0.4, -0.2) is 19.1 Å². The molecule has 21 heavy (non-hydrogen) atoms. The summed E-state index contributed by atoms with van der Waals surface area (Å²) in [6, 6.07) is 19.4. The summed E-state index contributed by atoms with van der Waals surface area (Å²) in [6.45, 7) is 2.77. The predicted octanol–water partition coefficient (Wildman–Crippen LogP) is 2.88. The lowest BCUT2D eigenvalue weighted by molar-refractivity contribution is -0.148. The molecule has 2 N–H and O–H groups in total. The Labute approximate surface area is 125 Å². The summed E-state index contributed by atoms with van der Waals surface area (Å²) in [5.74, 6) is -0.242. The molecule has 0 aliphatic heterocycles. The minimum Gasteiger partial charge on any atom is -0.465 e. The van der Waals surface area contributed by atoms with E-state index in [0.29, 0.717) is 19.6 Å². The first-order valence-electron chi connectivity index (χ1n) is 7.18. The molecule has 0 unspecified atom stereocenters. The molecule has 0 radical (unpaired) electrons. The van der Waals surface area contributed by atoms with E-state index < -0.39 is 5.41 Å². The Morgan fingerprint density at radius 1 is 1.00 bits per heavy atom. The summed E-state index contributed by atoms with van der Waals surface area (Å²) < 4.78 is 5.44. The summed E-state index contributed by atoms with van der Waals surface area (Å²) in [7, 11) is 0. The number of nitrogens with two attached hydrogens (primary N) is 1. The minimum atomic E-state index is -0.808. The third-order valence-corrected chi connectivity index (χ3v) is 3.69. The molecule has 0 spiro atoms. The maximum absolute atomic E-state index is 12.7. The number of carbonyl (C=O) groups is 1. The van der Waals surface area contributed by atoms with Crippen molar-refractivity contribution in [2.45, 2.75) is 18.8 Å². The van der Waals surface area contributed by atoms with Crippen LogP contribution in [0, 0.1) is 0 Å². The maximum atomic E-state index is 12.7. The number of esters is 1. The Morgan fingerprint density at radius 2 is 1.48 bits per heavy atom. The van der Waals surface area contributed by atoms with E-state index in [2.05, 4.69) is 0 Å². The third-order valence-electron chi connectivity index (χ3n) is 3.69. The quantitative estimate of drug-likeness (QED) is 0.655. The van der Waals surface area contributed by atoms with Gasteiger partial charge < -0.3 is 10.5 Å². The average molecular weight is 283 g/mol. The second-order valence-corrected chi connectivity index (χ2v) is 5.14. The van der Waals surface area contributed by atoms with Crippen molar-refractivity contribution in [1.29, 1.82) is 0 Å². The molecule has 0 aliphatic rings. The monoisotopic (exact) mass is 283 g/mol. The van der Waals surface area contributed by atoms with Crippen LogP contribution < -0.4 is 5.73 Å². The van der Waals surface area contributed by atoms with E-state index in [9.17, 15) is 4.79 Å². The van der Waals surface area contributed by atoms with Crippen molar-refractivity contribution in [1.82, 2.24) is 0 Å². The lowest BCUT2D eigenvalue weighted by Crippen LogP contribution is -2.36. The van der Waals surface area contributed by atoms with E-state index >= 15 is 0 Å². The third kappa shape index (κ3) is 3.31. The number of hydrogen-bond donors (Lipinski definition) is 1. The van der Waals surface area contributed by atoms with Gasteiger partial charge in [-0.2, -0.15) is 0 Å². The standard InChI is InChI=1S/C18H21NO2/c1-18(15-9-4-2-5-10-15,16-11-6-3-7-12-16)17(20)21-14-8-13-19/h2-7,9-12H,8,13-14,19H2,1H3. The fourth-order valence-corrected chi connectivity index (χ4v) is 2.34. The highest BCUT2D eigenvalue weighted by molar-refractivity contribution is 5.87. The zero-order chi connectivity index (χ0) is 15.1. The van der Waals surface area contributed by atoms with Gasteiger partial charge in [-0.3, -0.25) is 4.79 Å². The Hall–Kier alpha value is -2.13.